The number of esters is 1. The lowest BCUT2D eigenvalue weighted by molar-refractivity contribution is -0.317. The Bertz CT molecular complexity index is 851. The van der Waals surface area contributed by atoms with Gasteiger partial charge in [0, 0.05) is 24.1 Å². The smallest absolute Gasteiger partial charge is 0.306 e. The second-order valence-electron chi connectivity index (χ2n) is 18.9. The standard InChI is InChI=1S/C37H71NO4.C7H16O.H2O/c1-11-13-21-30(12-2)42-38-36(7,8)28-31(29-37(38,9)10)40-25-20-18-16-14-15-17-19-22-33(39)41-32-26-34(3,4)23-24-35(5,6)27-32;1-3-5-6-7(8)4-2;/h30-32H,11-29H2,1-10H3;7-8H,3-6H2,1-2H3;1H2. The number of ether oxygens (including phenoxy) is 2. The van der Waals surface area contributed by atoms with Gasteiger partial charge in [-0.1, -0.05) is 113 Å². The van der Waals surface area contributed by atoms with Gasteiger partial charge in [0.2, 0.25) is 0 Å². The molecule has 1 heterocycles. The molecule has 0 amide bonds. The summed E-state index contributed by atoms with van der Waals surface area (Å²) in [7, 11) is 0. The number of aliphatic hydroxyl groups excluding tert-OH is 1. The molecule has 0 aromatic carbocycles. The minimum absolute atomic E-state index is 0. The molecule has 2 aliphatic rings. The van der Waals surface area contributed by atoms with Crippen molar-refractivity contribution in [1.29, 1.82) is 0 Å². The molecule has 3 N–H and O–H groups in total. The molecule has 1 saturated heterocycles. The number of aliphatic hydroxyl groups is 1. The maximum absolute atomic E-state index is 12.5. The van der Waals surface area contributed by atoms with Crippen molar-refractivity contribution in [1.82, 2.24) is 5.06 Å². The molecule has 1 saturated carbocycles. The molecule has 2 fully saturated rings. The molecule has 51 heavy (non-hydrogen) atoms. The van der Waals surface area contributed by atoms with Gasteiger partial charge in [0.05, 0.1) is 18.3 Å². The first kappa shape index (κ1) is 50.3. The van der Waals surface area contributed by atoms with Crippen LogP contribution in [-0.4, -0.2) is 63.7 Å². The number of piperidine rings is 1. The number of unbranched alkanes of at least 4 members (excludes halogenated alkanes) is 8. The third-order valence-electron chi connectivity index (χ3n) is 11.2. The first-order chi connectivity index (χ1) is 23.4. The Balaban J connectivity index is 0.00000247. The summed E-state index contributed by atoms with van der Waals surface area (Å²) in [6, 6.07) is 0. The van der Waals surface area contributed by atoms with Crippen molar-refractivity contribution in [2.45, 2.75) is 260 Å². The van der Waals surface area contributed by atoms with Crippen molar-refractivity contribution in [3.63, 3.8) is 0 Å². The van der Waals surface area contributed by atoms with Gasteiger partial charge in [0.25, 0.3) is 0 Å². The van der Waals surface area contributed by atoms with Crippen LogP contribution in [0.1, 0.15) is 224 Å². The van der Waals surface area contributed by atoms with E-state index in [2.05, 4.69) is 81.2 Å². The molecule has 0 spiro atoms. The van der Waals surface area contributed by atoms with Crippen molar-refractivity contribution < 1.29 is 29.7 Å². The second kappa shape index (κ2) is 25.4. The quantitative estimate of drug-likeness (QED) is 0.0677. The molecule has 7 nitrogen and oxygen atoms in total. The average molecular weight is 728 g/mol. The monoisotopic (exact) mass is 728 g/mol. The van der Waals surface area contributed by atoms with Crippen molar-refractivity contribution in [3.05, 3.63) is 0 Å². The zero-order valence-electron chi connectivity index (χ0n) is 36.1. The Morgan fingerprint density at radius 1 is 0.667 bits per heavy atom. The van der Waals surface area contributed by atoms with Crippen LogP contribution >= 0.6 is 0 Å². The minimum atomic E-state index is -0.0463. The molecule has 2 rings (SSSR count). The van der Waals surface area contributed by atoms with E-state index in [1.54, 1.807) is 0 Å². The Kier molecular flexibility index (Phi) is 25.0. The normalized spacial score (nSPS) is 21.4. The predicted molar refractivity (Wildman–Crippen MR) is 216 cm³/mol. The summed E-state index contributed by atoms with van der Waals surface area (Å²) < 4.78 is 12.4. The highest BCUT2D eigenvalue weighted by molar-refractivity contribution is 5.69. The largest absolute Gasteiger partial charge is 0.462 e. The number of hydrogen-bond acceptors (Lipinski definition) is 6. The highest BCUT2D eigenvalue weighted by Gasteiger charge is 2.47. The van der Waals surface area contributed by atoms with E-state index in [1.165, 1.54) is 57.8 Å². The van der Waals surface area contributed by atoms with Gasteiger partial charge in [-0.15, -0.1) is 0 Å². The zero-order valence-corrected chi connectivity index (χ0v) is 36.1. The van der Waals surface area contributed by atoms with Crippen LogP contribution in [0.25, 0.3) is 0 Å². The fraction of sp³-hybridized carbons (Fsp3) is 0.977. The van der Waals surface area contributed by atoms with Gasteiger partial charge in [-0.3, -0.25) is 9.63 Å². The SMILES string of the molecule is CCCCC(CC)ON1C(C)(C)CC(OCCCCCCCCCC(=O)OC2CC(C)(C)CCC(C)(C)C2)CC1(C)C.CCCCC(O)CC.O. The summed E-state index contributed by atoms with van der Waals surface area (Å²) in [6.07, 6.45) is 24.6. The van der Waals surface area contributed by atoms with Crippen LogP contribution < -0.4 is 0 Å². The summed E-state index contributed by atoms with van der Waals surface area (Å²) in [4.78, 5) is 19.2. The first-order valence-electron chi connectivity index (χ1n) is 21.4. The maximum Gasteiger partial charge on any atom is 0.306 e. The molecule has 0 bridgehead atoms. The summed E-state index contributed by atoms with van der Waals surface area (Å²) in [5.41, 5.74) is 0.438. The molecule has 306 valence electrons. The molecular weight excluding hydrogens is 638 g/mol. The van der Waals surface area contributed by atoms with Gasteiger partial charge in [0.1, 0.15) is 6.10 Å². The van der Waals surface area contributed by atoms with Gasteiger partial charge in [-0.25, -0.2) is 0 Å². The van der Waals surface area contributed by atoms with E-state index < -0.39 is 0 Å². The molecule has 2 atom stereocenters. The van der Waals surface area contributed by atoms with Crippen molar-refractivity contribution >= 4 is 5.97 Å². The van der Waals surface area contributed by atoms with Gasteiger partial charge >= 0.3 is 5.97 Å². The first-order valence-corrected chi connectivity index (χ1v) is 21.4. The van der Waals surface area contributed by atoms with E-state index in [1.807, 2.05) is 6.92 Å². The Morgan fingerprint density at radius 2 is 1.16 bits per heavy atom. The topological polar surface area (TPSA) is 99.7 Å². The summed E-state index contributed by atoms with van der Waals surface area (Å²) in [5.74, 6) is 0.0103. The van der Waals surface area contributed by atoms with Crippen molar-refractivity contribution in [2.24, 2.45) is 10.8 Å². The summed E-state index contributed by atoms with van der Waals surface area (Å²) >= 11 is 0. The molecule has 2 unspecified atom stereocenters. The van der Waals surface area contributed by atoms with Crippen LogP contribution in [-0.2, 0) is 19.1 Å². The number of hydroxylamine groups is 2. The second-order valence-corrected chi connectivity index (χ2v) is 18.9. The number of nitrogens with zero attached hydrogens (tertiary/aromatic N) is 1. The van der Waals surface area contributed by atoms with Gasteiger partial charge < -0.3 is 20.1 Å². The molecule has 7 heteroatoms. The van der Waals surface area contributed by atoms with Gasteiger partial charge in [-0.2, -0.15) is 5.06 Å². The van der Waals surface area contributed by atoms with E-state index in [0.29, 0.717) is 18.6 Å². The van der Waals surface area contributed by atoms with Gasteiger partial charge in [0.15, 0.2) is 0 Å². The lowest BCUT2D eigenvalue weighted by Gasteiger charge is -2.54. The Morgan fingerprint density at radius 3 is 1.65 bits per heavy atom. The van der Waals surface area contributed by atoms with E-state index in [-0.39, 0.29) is 45.6 Å². The van der Waals surface area contributed by atoms with Gasteiger partial charge in [-0.05, 0) is 116 Å². The van der Waals surface area contributed by atoms with Crippen LogP contribution in [0.3, 0.4) is 0 Å². The number of carbonyl (C=O) groups excluding carboxylic acids is 1. The zero-order chi connectivity index (χ0) is 37.8. The number of rotatable bonds is 22. The van der Waals surface area contributed by atoms with E-state index >= 15 is 0 Å². The van der Waals surface area contributed by atoms with E-state index in [0.717, 1.165) is 83.7 Å². The minimum Gasteiger partial charge on any atom is -0.462 e. The maximum atomic E-state index is 12.5. The number of carbonyl (C=O) groups is 1. The van der Waals surface area contributed by atoms with Crippen molar-refractivity contribution in [3.8, 4) is 0 Å². The number of hydrogen-bond donors (Lipinski definition) is 1. The Labute approximate surface area is 317 Å². The van der Waals surface area contributed by atoms with E-state index in [4.69, 9.17) is 19.4 Å². The lowest BCUT2D eigenvalue weighted by atomic mass is 9.80. The molecule has 1 aliphatic carbocycles. The predicted octanol–water partition coefficient (Wildman–Crippen LogP) is 11.7. The van der Waals surface area contributed by atoms with Crippen LogP contribution in [0.5, 0.6) is 0 Å². The Hall–Kier alpha value is -0.730. The molecule has 0 aromatic rings. The molecule has 0 radical (unpaired) electrons. The van der Waals surface area contributed by atoms with Crippen LogP contribution in [0.4, 0.5) is 0 Å². The van der Waals surface area contributed by atoms with Crippen LogP contribution in [0, 0.1) is 10.8 Å². The van der Waals surface area contributed by atoms with Crippen LogP contribution in [0.2, 0.25) is 0 Å². The van der Waals surface area contributed by atoms with Crippen LogP contribution in [0.15, 0.2) is 0 Å². The molecule has 0 aromatic heterocycles. The van der Waals surface area contributed by atoms with E-state index in [9.17, 15) is 4.79 Å². The molecular formula is C44H89NO6. The third-order valence-corrected chi connectivity index (χ3v) is 11.2. The average Bonchev–Trinajstić information content (AvgIpc) is 3.12. The highest BCUT2D eigenvalue weighted by Crippen LogP contribution is 2.43. The third kappa shape index (κ3) is 21.7. The summed E-state index contributed by atoms with van der Waals surface area (Å²) in [6.45, 7) is 28.0. The fourth-order valence-electron chi connectivity index (χ4n) is 8.15. The molecule has 1 aliphatic heterocycles. The lowest BCUT2D eigenvalue weighted by Crippen LogP contribution is -2.62. The highest BCUT2D eigenvalue weighted by atomic mass is 16.7. The summed E-state index contributed by atoms with van der Waals surface area (Å²) in [5, 5.41) is 11.3. The van der Waals surface area contributed by atoms with Crippen molar-refractivity contribution in [2.75, 3.05) is 6.61 Å². The fourth-order valence-corrected chi connectivity index (χ4v) is 8.15.